The molecule has 0 radical (unpaired) electrons. The van der Waals surface area contributed by atoms with Crippen molar-refractivity contribution in [3.05, 3.63) is 40.4 Å². The third-order valence-electron chi connectivity index (χ3n) is 2.17. The van der Waals surface area contributed by atoms with Crippen molar-refractivity contribution in [2.75, 3.05) is 6.61 Å². The molecule has 0 saturated carbocycles. The van der Waals surface area contributed by atoms with Crippen LogP contribution in [0.4, 0.5) is 4.39 Å². The maximum Gasteiger partial charge on any atom is 0.197 e. The van der Waals surface area contributed by atoms with E-state index in [0.717, 1.165) is 0 Å². The van der Waals surface area contributed by atoms with Crippen LogP contribution in [0.5, 0.6) is 5.75 Å². The van der Waals surface area contributed by atoms with Crippen LogP contribution in [-0.4, -0.2) is 16.6 Å². The van der Waals surface area contributed by atoms with Crippen molar-refractivity contribution < 1.29 is 9.13 Å². The Balaban J connectivity index is 2.45. The van der Waals surface area contributed by atoms with Gasteiger partial charge in [-0.1, -0.05) is 35.3 Å². The fourth-order valence-corrected chi connectivity index (χ4v) is 1.80. The molecule has 94 valence electrons. The van der Waals surface area contributed by atoms with Crippen LogP contribution < -0.4 is 4.74 Å². The maximum atomic E-state index is 13.2. The molecular weight excluding hydrogens is 278 g/mol. The number of rotatable bonds is 3. The van der Waals surface area contributed by atoms with Crippen LogP contribution in [0.15, 0.2) is 24.3 Å². The predicted molar refractivity (Wildman–Crippen MR) is 68.6 cm³/mol. The largest absolute Gasteiger partial charge is 0.494 e. The van der Waals surface area contributed by atoms with E-state index < -0.39 is 5.82 Å². The Labute approximate surface area is 114 Å². The van der Waals surface area contributed by atoms with Gasteiger partial charge in [0.2, 0.25) is 0 Å². The highest BCUT2D eigenvalue weighted by atomic mass is 35.5. The summed E-state index contributed by atoms with van der Waals surface area (Å²) in [6.07, 6.45) is 0. The first-order valence-electron chi connectivity index (χ1n) is 5.23. The molecule has 2 rings (SSSR count). The molecule has 2 aromatic rings. The number of nitrogens with zero attached hydrogens (tertiary/aromatic N) is 2. The smallest absolute Gasteiger partial charge is 0.197 e. The molecule has 0 aliphatic heterocycles. The van der Waals surface area contributed by atoms with E-state index in [-0.39, 0.29) is 16.1 Å². The van der Waals surface area contributed by atoms with Crippen LogP contribution in [0.3, 0.4) is 0 Å². The summed E-state index contributed by atoms with van der Waals surface area (Å²) in [6.45, 7) is 2.43. The number of hydrogen-bond acceptors (Lipinski definition) is 3. The number of hydrogen-bond donors (Lipinski definition) is 0. The second-order valence-electron chi connectivity index (χ2n) is 3.40. The first kappa shape index (κ1) is 13.1. The quantitative estimate of drug-likeness (QED) is 0.801. The molecule has 0 fully saturated rings. The summed E-state index contributed by atoms with van der Waals surface area (Å²) in [5, 5.41) is -0.598. The van der Waals surface area contributed by atoms with Crippen LogP contribution in [-0.2, 0) is 0 Å². The topological polar surface area (TPSA) is 35.0 Å². The third-order valence-corrected chi connectivity index (χ3v) is 2.67. The van der Waals surface area contributed by atoms with Crippen LogP contribution >= 0.6 is 23.2 Å². The second-order valence-corrected chi connectivity index (χ2v) is 4.12. The van der Waals surface area contributed by atoms with Gasteiger partial charge in [0, 0.05) is 5.56 Å². The van der Waals surface area contributed by atoms with Crippen LogP contribution in [0.2, 0.25) is 10.3 Å². The Kier molecular flexibility index (Phi) is 3.99. The second kappa shape index (κ2) is 5.50. The summed E-state index contributed by atoms with van der Waals surface area (Å²) in [4.78, 5) is 7.69. The number of benzene rings is 1. The van der Waals surface area contributed by atoms with E-state index in [0.29, 0.717) is 17.9 Å². The molecule has 0 bridgehead atoms. The summed E-state index contributed by atoms with van der Waals surface area (Å²) < 4.78 is 18.6. The lowest BCUT2D eigenvalue weighted by Crippen LogP contribution is -1.96. The normalized spacial score (nSPS) is 10.4. The Morgan fingerprint density at radius 1 is 1.22 bits per heavy atom. The minimum atomic E-state index is -0.817. The molecule has 0 amide bonds. The number of halogens is 3. The van der Waals surface area contributed by atoms with Gasteiger partial charge >= 0.3 is 0 Å². The number of aromatic nitrogens is 2. The molecule has 1 heterocycles. The van der Waals surface area contributed by atoms with Gasteiger partial charge in [0.15, 0.2) is 21.9 Å². The average molecular weight is 287 g/mol. The molecule has 3 nitrogen and oxygen atoms in total. The third kappa shape index (κ3) is 2.71. The lowest BCUT2D eigenvalue weighted by atomic mass is 10.2. The molecule has 0 unspecified atom stereocenters. The van der Waals surface area contributed by atoms with Gasteiger partial charge in [-0.3, -0.25) is 0 Å². The van der Waals surface area contributed by atoms with Gasteiger partial charge in [-0.15, -0.1) is 0 Å². The van der Waals surface area contributed by atoms with Gasteiger partial charge in [0.1, 0.15) is 5.75 Å². The molecule has 0 saturated heterocycles. The molecule has 0 aliphatic carbocycles. The molecule has 1 aromatic heterocycles. The molecular formula is C12H9Cl2FN2O. The van der Waals surface area contributed by atoms with Crippen molar-refractivity contribution in [2.45, 2.75) is 6.92 Å². The van der Waals surface area contributed by atoms with Gasteiger partial charge in [0.25, 0.3) is 0 Å². The first-order valence-corrected chi connectivity index (χ1v) is 5.99. The maximum absolute atomic E-state index is 13.2. The lowest BCUT2D eigenvalue weighted by molar-refractivity contribution is 0.340. The molecule has 0 atom stereocenters. The van der Waals surface area contributed by atoms with Gasteiger partial charge in [-0.2, -0.15) is 0 Å². The van der Waals surface area contributed by atoms with Crippen LogP contribution in [0, 0.1) is 5.82 Å². The molecule has 6 heteroatoms. The van der Waals surface area contributed by atoms with E-state index in [1.807, 2.05) is 6.92 Å². The highest BCUT2D eigenvalue weighted by Crippen LogP contribution is 2.26. The minimum Gasteiger partial charge on any atom is -0.494 e. The summed E-state index contributed by atoms with van der Waals surface area (Å²) in [5.41, 5.74) is 0.657. The van der Waals surface area contributed by atoms with E-state index in [9.17, 15) is 4.39 Å². The fraction of sp³-hybridized carbons (Fsp3) is 0.167. The summed E-state index contributed by atoms with van der Waals surface area (Å²) >= 11 is 11.3. The van der Waals surface area contributed by atoms with E-state index in [1.54, 1.807) is 24.3 Å². The Morgan fingerprint density at radius 3 is 2.50 bits per heavy atom. The van der Waals surface area contributed by atoms with Crippen LogP contribution in [0.1, 0.15) is 6.92 Å². The Morgan fingerprint density at radius 2 is 1.89 bits per heavy atom. The predicted octanol–water partition coefficient (Wildman–Crippen LogP) is 3.99. The van der Waals surface area contributed by atoms with E-state index in [1.165, 1.54) is 0 Å². The first-order chi connectivity index (χ1) is 8.61. The van der Waals surface area contributed by atoms with Crippen molar-refractivity contribution in [3.8, 4) is 17.1 Å². The fourth-order valence-electron chi connectivity index (χ4n) is 1.41. The van der Waals surface area contributed by atoms with Gasteiger partial charge < -0.3 is 4.74 Å². The van der Waals surface area contributed by atoms with Crippen LogP contribution in [0.25, 0.3) is 11.4 Å². The van der Waals surface area contributed by atoms with E-state index in [2.05, 4.69) is 9.97 Å². The zero-order valence-electron chi connectivity index (χ0n) is 9.45. The van der Waals surface area contributed by atoms with Gasteiger partial charge in [-0.25, -0.2) is 14.4 Å². The highest BCUT2D eigenvalue weighted by molar-refractivity contribution is 6.33. The van der Waals surface area contributed by atoms with Crippen molar-refractivity contribution in [1.29, 1.82) is 0 Å². The Hall–Kier alpha value is -1.39. The molecule has 0 N–H and O–H groups in total. The van der Waals surface area contributed by atoms with E-state index in [4.69, 9.17) is 27.9 Å². The van der Waals surface area contributed by atoms with Crippen molar-refractivity contribution >= 4 is 23.2 Å². The Bertz CT molecular complexity index is 555. The lowest BCUT2D eigenvalue weighted by Gasteiger charge is -2.06. The molecule has 0 aliphatic rings. The standard InChI is InChI=1S/C12H9Cl2FN2O/c1-2-18-8-5-3-4-7(6-8)12-16-10(13)9(15)11(14)17-12/h3-6H,2H2,1H3. The SMILES string of the molecule is CCOc1cccc(-c2nc(Cl)c(F)c(Cl)n2)c1. The highest BCUT2D eigenvalue weighted by Gasteiger charge is 2.12. The monoisotopic (exact) mass is 286 g/mol. The zero-order chi connectivity index (χ0) is 13.1. The summed E-state index contributed by atoms with van der Waals surface area (Å²) in [7, 11) is 0. The van der Waals surface area contributed by atoms with E-state index >= 15 is 0 Å². The number of ether oxygens (including phenoxy) is 1. The summed E-state index contributed by atoms with van der Waals surface area (Å²) in [5.74, 6) is 0.117. The van der Waals surface area contributed by atoms with Crippen molar-refractivity contribution in [1.82, 2.24) is 9.97 Å². The molecule has 18 heavy (non-hydrogen) atoms. The van der Waals surface area contributed by atoms with Crippen molar-refractivity contribution in [3.63, 3.8) is 0 Å². The zero-order valence-corrected chi connectivity index (χ0v) is 11.0. The average Bonchev–Trinajstić information content (AvgIpc) is 2.36. The van der Waals surface area contributed by atoms with Gasteiger partial charge in [-0.05, 0) is 19.1 Å². The minimum absolute atomic E-state index is 0.257. The van der Waals surface area contributed by atoms with Crippen molar-refractivity contribution in [2.24, 2.45) is 0 Å². The molecule has 0 spiro atoms. The molecule has 1 aromatic carbocycles. The summed E-state index contributed by atoms with van der Waals surface area (Å²) in [6, 6.07) is 7.10. The van der Waals surface area contributed by atoms with Gasteiger partial charge in [0.05, 0.1) is 6.61 Å².